The van der Waals surface area contributed by atoms with Crippen LogP contribution in [0, 0.1) is 10.1 Å². The number of alkyl halides is 1. The van der Waals surface area contributed by atoms with Crippen molar-refractivity contribution in [2.24, 2.45) is 5.10 Å². The van der Waals surface area contributed by atoms with Crippen molar-refractivity contribution < 1.29 is 28.7 Å². The minimum absolute atomic E-state index is 0.00702. The number of para-hydroxylation sites is 1. The third-order valence-corrected chi connectivity index (χ3v) is 4.62. The van der Waals surface area contributed by atoms with Gasteiger partial charge in [0.25, 0.3) is 11.6 Å². The van der Waals surface area contributed by atoms with E-state index < -0.39 is 10.8 Å². The quantitative estimate of drug-likeness (QED) is 0.284. The Morgan fingerprint density at radius 2 is 1.94 bits per heavy atom. The van der Waals surface area contributed by atoms with E-state index >= 15 is 0 Å². The van der Waals surface area contributed by atoms with Crippen molar-refractivity contribution in [2.45, 2.75) is 18.7 Å². The summed E-state index contributed by atoms with van der Waals surface area (Å²) in [7, 11) is 2.95. The summed E-state index contributed by atoms with van der Waals surface area (Å²) in [5.74, 6) is 0.767. The molecule has 164 valence electrons. The summed E-state index contributed by atoms with van der Waals surface area (Å²) in [4.78, 5) is 23.0. The van der Waals surface area contributed by atoms with Gasteiger partial charge in [-0.25, -0.2) is 5.43 Å². The summed E-state index contributed by atoms with van der Waals surface area (Å²) in [6, 6.07) is 5.58. The molecule has 10 nitrogen and oxygen atoms in total. The number of hydrogen-bond acceptors (Lipinski definition) is 8. The van der Waals surface area contributed by atoms with Gasteiger partial charge in [-0.05, 0) is 19.4 Å². The second-order valence-electron chi connectivity index (χ2n) is 6.48. The van der Waals surface area contributed by atoms with Gasteiger partial charge in [0, 0.05) is 22.6 Å². The van der Waals surface area contributed by atoms with Gasteiger partial charge in [0.2, 0.25) is 18.3 Å². The predicted octanol–water partition coefficient (Wildman–Crippen LogP) is 3.27. The van der Waals surface area contributed by atoms with E-state index in [-0.39, 0.29) is 23.4 Å². The number of nitrogens with one attached hydrogen (secondary N) is 1. The summed E-state index contributed by atoms with van der Waals surface area (Å²) in [6.45, 7) is 1.81. The van der Waals surface area contributed by atoms with Gasteiger partial charge in [-0.3, -0.25) is 14.9 Å². The van der Waals surface area contributed by atoms with Crippen LogP contribution in [0.1, 0.15) is 28.4 Å². The maximum absolute atomic E-state index is 12.4. The fourth-order valence-electron chi connectivity index (χ4n) is 3.21. The van der Waals surface area contributed by atoms with Gasteiger partial charge in [0.05, 0.1) is 25.4 Å². The molecule has 1 atom stereocenters. The lowest BCUT2D eigenvalue weighted by Crippen LogP contribution is -2.19. The first-order valence-corrected chi connectivity index (χ1v) is 9.59. The fraction of sp³-hybridized carbons (Fsp3) is 0.300. The maximum Gasteiger partial charge on any atom is 0.282 e. The molecule has 2 aromatic carbocycles. The van der Waals surface area contributed by atoms with Gasteiger partial charge in [-0.2, -0.15) is 5.10 Å². The Balaban J connectivity index is 2.00. The molecular weight excluding hydrogens is 430 g/mol. The van der Waals surface area contributed by atoms with Gasteiger partial charge in [-0.15, -0.1) is 11.6 Å². The van der Waals surface area contributed by atoms with Crippen molar-refractivity contribution in [2.75, 3.05) is 21.0 Å². The number of amides is 1. The largest absolute Gasteiger partial charge is 0.492 e. The molecule has 3 rings (SSSR count). The van der Waals surface area contributed by atoms with Gasteiger partial charge >= 0.3 is 0 Å². The van der Waals surface area contributed by atoms with Crippen LogP contribution in [0.2, 0.25) is 0 Å². The number of fused-ring (bicyclic) bond motifs is 1. The number of carbonyl (C=O) groups is 1. The molecule has 0 bridgehead atoms. The summed E-state index contributed by atoms with van der Waals surface area (Å²) >= 11 is 6.22. The Morgan fingerprint density at radius 1 is 1.29 bits per heavy atom. The Kier molecular flexibility index (Phi) is 6.81. The molecule has 0 saturated carbocycles. The highest BCUT2D eigenvalue weighted by atomic mass is 35.5. The molecule has 1 aliphatic heterocycles. The van der Waals surface area contributed by atoms with E-state index in [0.29, 0.717) is 40.5 Å². The summed E-state index contributed by atoms with van der Waals surface area (Å²) in [5.41, 5.74) is 2.98. The number of nitro benzene ring substituents is 1. The molecule has 0 aromatic heterocycles. The highest BCUT2D eigenvalue weighted by Crippen LogP contribution is 2.52. The molecule has 31 heavy (non-hydrogen) atoms. The number of rotatable bonds is 8. The fourth-order valence-corrected chi connectivity index (χ4v) is 3.37. The summed E-state index contributed by atoms with van der Waals surface area (Å²) in [6.07, 6.45) is 1.74. The van der Waals surface area contributed by atoms with E-state index in [1.54, 1.807) is 0 Å². The first-order valence-electron chi connectivity index (χ1n) is 9.16. The zero-order chi connectivity index (χ0) is 22.5. The number of methoxy groups -OCH3 is 2. The molecule has 0 spiro atoms. The molecule has 2 aromatic rings. The van der Waals surface area contributed by atoms with Crippen molar-refractivity contribution in [3.05, 3.63) is 51.1 Å². The third-order valence-electron chi connectivity index (χ3n) is 4.47. The van der Waals surface area contributed by atoms with Crippen LogP contribution in [0.15, 0.2) is 29.4 Å². The number of halogens is 1. The average molecular weight is 450 g/mol. The molecule has 0 fully saturated rings. The number of benzene rings is 2. The standard InChI is InChI=1S/C20H20ClN3O7/c1-11(21)8-13-14(17(29-3)19-18(16(13)28-2)30-10-31-19)9-22-23-20(25)12-6-4-5-7-15(12)24(26)27/h4-7,9,11H,8,10H2,1-3H3,(H,23,25)/b22-9+. The Bertz CT molecular complexity index is 1040. The lowest BCUT2D eigenvalue weighted by atomic mass is 9.99. The van der Waals surface area contributed by atoms with Crippen molar-refractivity contribution in [1.29, 1.82) is 0 Å². The topological polar surface area (TPSA) is 122 Å². The van der Waals surface area contributed by atoms with E-state index in [4.69, 9.17) is 30.5 Å². The second kappa shape index (κ2) is 9.52. The maximum atomic E-state index is 12.4. The average Bonchev–Trinajstić information content (AvgIpc) is 3.22. The smallest absolute Gasteiger partial charge is 0.282 e. The van der Waals surface area contributed by atoms with Gasteiger partial charge < -0.3 is 18.9 Å². The lowest BCUT2D eigenvalue weighted by molar-refractivity contribution is -0.385. The zero-order valence-electron chi connectivity index (χ0n) is 17.0. The minimum atomic E-state index is -0.734. The van der Waals surface area contributed by atoms with E-state index in [0.717, 1.165) is 0 Å². The van der Waals surface area contributed by atoms with Crippen LogP contribution < -0.4 is 24.4 Å². The number of nitro groups is 1. The molecule has 1 N–H and O–H groups in total. The minimum Gasteiger partial charge on any atom is -0.492 e. The molecule has 11 heteroatoms. The van der Waals surface area contributed by atoms with Crippen molar-refractivity contribution in [3.63, 3.8) is 0 Å². The van der Waals surface area contributed by atoms with E-state index in [1.807, 2.05) is 6.92 Å². The normalized spacial score (nSPS) is 13.2. The van der Waals surface area contributed by atoms with Crippen LogP contribution in [0.25, 0.3) is 0 Å². The third kappa shape index (κ3) is 4.48. The molecule has 1 heterocycles. The monoisotopic (exact) mass is 449 g/mol. The van der Waals surface area contributed by atoms with Crippen molar-refractivity contribution in [1.82, 2.24) is 5.43 Å². The SMILES string of the molecule is COc1c(/C=N/NC(=O)c2ccccc2[N+](=O)[O-])c(CC(C)Cl)c(OC)c2c1OCO2. The second-order valence-corrected chi connectivity index (χ2v) is 7.23. The van der Waals surface area contributed by atoms with Crippen LogP contribution in [0.4, 0.5) is 5.69 Å². The van der Waals surface area contributed by atoms with Gasteiger partial charge in [-0.1, -0.05) is 12.1 Å². The summed E-state index contributed by atoms with van der Waals surface area (Å²) < 4.78 is 22.1. The Morgan fingerprint density at radius 3 is 2.55 bits per heavy atom. The molecule has 1 aliphatic rings. The summed E-state index contributed by atoms with van der Waals surface area (Å²) in [5, 5.41) is 14.9. The first-order chi connectivity index (χ1) is 14.9. The Hall–Kier alpha value is -3.53. The van der Waals surface area contributed by atoms with E-state index in [9.17, 15) is 14.9 Å². The first kappa shape index (κ1) is 22.2. The van der Waals surface area contributed by atoms with Crippen LogP contribution >= 0.6 is 11.6 Å². The van der Waals surface area contributed by atoms with E-state index in [2.05, 4.69) is 10.5 Å². The lowest BCUT2D eigenvalue weighted by Gasteiger charge is -2.18. The molecule has 1 unspecified atom stereocenters. The predicted molar refractivity (Wildman–Crippen MR) is 113 cm³/mol. The van der Waals surface area contributed by atoms with Gasteiger partial charge in [0.15, 0.2) is 11.5 Å². The molecule has 0 aliphatic carbocycles. The van der Waals surface area contributed by atoms with Crippen LogP contribution in [-0.4, -0.2) is 43.4 Å². The molecular formula is C20H20ClN3O7. The number of ether oxygens (including phenoxy) is 4. The Labute approximate surface area is 182 Å². The highest BCUT2D eigenvalue weighted by Gasteiger charge is 2.31. The van der Waals surface area contributed by atoms with Crippen LogP contribution in [0.5, 0.6) is 23.0 Å². The van der Waals surface area contributed by atoms with Crippen molar-refractivity contribution >= 4 is 29.4 Å². The van der Waals surface area contributed by atoms with E-state index in [1.165, 1.54) is 44.7 Å². The number of hydrazone groups is 1. The van der Waals surface area contributed by atoms with Gasteiger partial charge in [0.1, 0.15) is 5.56 Å². The number of hydrogen-bond donors (Lipinski definition) is 1. The molecule has 1 amide bonds. The van der Waals surface area contributed by atoms with Crippen molar-refractivity contribution in [3.8, 4) is 23.0 Å². The highest BCUT2D eigenvalue weighted by molar-refractivity contribution is 6.20. The molecule has 0 radical (unpaired) electrons. The van der Waals surface area contributed by atoms with Crippen LogP contribution in [0.3, 0.4) is 0 Å². The molecule has 0 saturated heterocycles. The number of nitrogens with zero attached hydrogens (tertiary/aromatic N) is 2. The number of carbonyl (C=O) groups excluding carboxylic acids is 1. The zero-order valence-corrected chi connectivity index (χ0v) is 17.8. The van der Waals surface area contributed by atoms with Crippen LogP contribution in [-0.2, 0) is 6.42 Å².